The van der Waals surface area contributed by atoms with Gasteiger partial charge in [0.1, 0.15) is 0 Å². The van der Waals surface area contributed by atoms with E-state index in [1.165, 1.54) is 24.8 Å². The van der Waals surface area contributed by atoms with Crippen LogP contribution < -0.4 is 0 Å². The predicted octanol–water partition coefficient (Wildman–Crippen LogP) is 3.03. The maximum absolute atomic E-state index is 10.8. The van der Waals surface area contributed by atoms with Gasteiger partial charge >= 0.3 is 0 Å². The Balaban J connectivity index is 1.69. The van der Waals surface area contributed by atoms with Gasteiger partial charge in [0.05, 0.1) is 11.0 Å². The van der Waals surface area contributed by atoms with E-state index in [9.17, 15) is 15.2 Å². The predicted molar refractivity (Wildman–Crippen MR) is 74.3 cm³/mol. The Hall–Kier alpha value is -1.42. The van der Waals surface area contributed by atoms with E-state index in [-0.39, 0.29) is 22.1 Å². The van der Waals surface area contributed by atoms with Crippen LogP contribution in [-0.2, 0) is 5.41 Å². The highest BCUT2D eigenvalue weighted by Crippen LogP contribution is 2.60. The number of hydrogen-bond donors (Lipinski definition) is 1. The number of nitro groups is 1. The van der Waals surface area contributed by atoms with Crippen LogP contribution in [0.2, 0.25) is 0 Å². The Labute approximate surface area is 118 Å². The van der Waals surface area contributed by atoms with Crippen LogP contribution in [0.4, 0.5) is 5.69 Å². The summed E-state index contributed by atoms with van der Waals surface area (Å²) in [6, 6.07) is 7.14. The SMILES string of the molecule is O=[N+]([O-])c1ccc(C23CC4C[C@H](C2)C(O)[C@@H](C4)C3)cc1. The van der Waals surface area contributed by atoms with Gasteiger partial charge in [0, 0.05) is 12.1 Å². The molecule has 0 radical (unpaired) electrons. The van der Waals surface area contributed by atoms with Crippen LogP contribution in [0, 0.1) is 27.9 Å². The highest BCUT2D eigenvalue weighted by atomic mass is 16.6. The second kappa shape index (κ2) is 4.04. The summed E-state index contributed by atoms with van der Waals surface area (Å²) in [6.45, 7) is 0. The molecule has 0 aromatic heterocycles. The molecule has 4 aliphatic rings. The van der Waals surface area contributed by atoms with Crippen molar-refractivity contribution < 1.29 is 10.0 Å². The van der Waals surface area contributed by atoms with Crippen molar-refractivity contribution in [2.75, 3.05) is 0 Å². The van der Waals surface area contributed by atoms with Gasteiger partial charge in [-0.2, -0.15) is 0 Å². The van der Waals surface area contributed by atoms with Gasteiger partial charge in [0.2, 0.25) is 0 Å². The molecule has 20 heavy (non-hydrogen) atoms. The molecule has 1 aromatic carbocycles. The molecule has 0 spiro atoms. The van der Waals surface area contributed by atoms with Crippen molar-refractivity contribution in [2.24, 2.45) is 17.8 Å². The van der Waals surface area contributed by atoms with Crippen LogP contribution in [0.3, 0.4) is 0 Å². The Bertz CT molecular complexity index is 537. The monoisotopic (exact) mass is 273 g/mol. The van der Waals surface area contributed by atoms with E-state index in [2.05, 4.69) is 0 Å². The topological polar surface area (TPSA) is 63.4 Å². The minimum absolute atomic E-state index is 0.113. The fourth-order valence-electron chi connectivity index (χ4n) is 5.29. The maximum Gasteiger partial charge on any atom is 0.269 e. The molecule has 4 fully saturated rings. The summed E-state index contributed by atoms with van der Waals surface area (Å²) in [7, 11) is 0. The lowest BCUT2D eigenvalue weighted by Crippen LogP contribution is -2.55. The van der Waals surface area contributed by atoms with Gasteiger partial charge in [-0.05, 0) is 60.8 Å². The molecular formula is C16H19NO3. The van der Waals surface area contributed by atoms with Crippen molar-refractivity contribution in [1.29, 1.82) is 0 Å². The smallest absolute Gasteiger partial charge is 0.269 e. The van der Waals surface area contributed by atoms with Crippen LogP contribution in [0.5, 0.6) is 0 Å². The van der Waals surface area contributed by atoms with Gasteiger partial charge in [-0.1, -0.05) is 12.1 Å². The van der Waals surface area contributed by atoms with Crippen LogP contribution in [0.15, 0.2) is 24.3 Å². The molecule has 4 heteroatoms. The minimum Gasteiger partial charge on any atom is -0.393 e. The molecule has 0 amide bonds. The van der Waals surface area contributed by atoms with Crippen molar-refractivity contribution in [1.82, 2.24) is 0 Å². The van der Waals surface area contributed by atoms with Gasteiger partial charge in [-0.3, -0.25) is 10.1 Å². The van der Waals surface area contributed by atoms with E-state index in [0.717, 1.165) is 18.8 Å². The summed E-state index contributed by atoms with van der Waals surface area (Å²) >= 11 is 0. The van der Waals surface area contributed by atoms with Crippen molar-refractivity contribution in [3.8, 4) is 0 Å². The van der Waals surface area contributed by atoms with E-state index >= 15 is 0 Å². The second-order valence-corrected chi connectivity index (χ2v) is 7.04. The molecule has 4 bridgehead atoms. The first-order chi connectivity index (χ1) is 9.57. The summed E-state index contributed by atoms with van der Waals surface area (Å²) in [4.78, 5) is 10.4. The number of nitro benzene ring substituents is 1. The Morgan fingerprint density at radius 2 is 1.70 bits per heavy atom. The molecule has 5 rings (SSSR count). The van der Waals surface area contributed by atoms with E-state index in [4.69, 9.17) is 0 Å². The third-order valence-corrected chi connectivity index (χ3v) is 5.91. The minimum atomic E-state index is -0.340. The molecule has 4 saturated carbocycles. The van der Waals surface area contributed by atoms with Gasteiger partial charge in [-0.15, -0.1) is 0 Å². The molecule has 1 N–H and O–H groups in total. The van der Waals surface area contributed by atoms with E-state index in [0.29, 0.717) is 11.8 Å². The summed E-state index contributed by atoms with van der Waals surface area (Å²) in [6.07, 6.45) is 5.54. The molecule has 4 nitrogen and oxygen atoms in total. The van der Waals surface area contributed by atoms with Crippen molar-refractivity contribution >= 4 is 5.69 Å². The zero-order valence-electron chi connectivity index (χ0n) is 11.4. The number of rotatable bonds is 2. The van der Waals surface area contributed by atoms with Crippen LogP contribution in [0.1, 0.15) is 37.7 Å². The first kappa shape index (κ1) is 12.3. The van der Waals surface area contributed by atoms with Crippen LogP contribution in [-0.4, -0.2) is 16.1 Å². The average molecular weight is 273 g/mol. The highest BCUT2D eigenvalue weighted by Gasteiger charge is 2.55. The normalized spacial score (nSPS) is 41.9. The van der Waals surface area contributed by atoms with E-state index in [1.807, 2.05) is 12.1 Å². The van der Waals surface area contributed by atoms with Crippen molar-refractivity contribution in [3.05, 3.63) is 39.9 Å². The van der Waals surface area contributed by atoms with Crippen molar-refractivity contribution in [2.45, 2.75) is 43.6 Å². The molecule has 3 unspecified atom stereocenters. The van der Waals surface area contributed by atoms with E-state index in [1.54, 1.807) is 12.1 Å². The fourth-order valence-corrected chi connectivity index (χ4v) is 5.29. The number of non-ortho nitro benzene ring substituents is 1. The van der Waals surface area contributed by atoms with Crippen molar-refractivity contribution in [3.63, 3.8) is 0 Å². The third-order valence-electron chi connectivity index (χ3n) is 5.91. The molecule has 5 atom stereocenters. The zero-order valence-corrected chi connectivity index (χ0v) is 11.4. The van der Waals surface area contributed by atoms with Gasteiger partial charge in [-0.25, -0.2) is 0 Å². The van der Waals surface area contributed by atoms with Crippen LogP contribution >= 0.6 is 0 Å². The van der Waals surface area contributed by atoms with Gasteiger partial charge < -0.3 is 5.11 Å². The first-order valence-corrected chi connectivity index (χ1v) is 7.50. The number of benzene rings is 1. The quantitative estimate of drug-likeness (QED) is 0.665. The Kier molecular flexibility index (Phi) is 2.49. The van der Waals surface area contributed by atoms with E-state index < -0.39 is 0 Å². The fraction of sp³-hybridized carbons (Fsp3) is 0.625. The lowest BCUT2D eigenvalue weighted by atomic mass is 9.47. The maximum atomic E-state index is 10.8. The third kappa shape index (κ3) is 1.64. The number of hydrogen-bond acceptors (Lipinski definition) is 3. The molecular weight excluding hydrogens is 254 g/mol. The lowest BCUT2D eigenvalue weighted by molar-refractivity contribution is -0.384. The highest BCUT2D eigenvalue weighted by molar-refractivity contribution is 5.38. The second-order valence-electron chi connectivity index (χ2n) is 7.04. The largest absolute Gasteiger partial charge is 0.393 e. The summed E-state index contributed by atoms with van der Waals surface area (Å²) < 4.78 is 0. The molecule has 4 aliphatic carbocycles. The van der Waals surface area contributed by atoms with Crippen LogP contribution in [0.25, 0.3) is 0 Å². The number of aliphatic hydroxyl groups excluding tert-OH is 1. The molecule has 1 aromatic rings. The molecule has 0 aliphatic heterocycles. The van der Waals surface area contributed by atoms with Gasteiger partial charge in [0.15, 0.2) is 0 Å². The summed E-state index contributed by atoms with van der Waals surface area (Å²) in [5.74, 6) is 1.62. The lowest BCUT2D eigenvalue weighted by Gasteiger charge is -2.59. The Morgan fingerprint density at radius 3 is 2.25 bits per heavy atom. The molecule has 0 heterocycles. The molecule has 0 saturated heterocycles. The summed E-state index contributed by atoms with van der Waals surface area (Å²) in [5.41, 5.74) is 1.58. The summed E-state index contributed by atoms with van der Waals surface area (Å²) in [5, 5.41) is 21.1. The Morgan fingerprint density at radius 1 is 1.10 bits per heavy atom. The first-order valence-electron chi connectivity index (χ1n) is 7.50. The van der Waals surface area contributed by atoms with Gasteiger partial charge in [0.25, 0.3) is 5.69 Å². The number of nitrogens with zero attached hydrogens (tertiary/aromatic N) is 1. The standard InChI is InChI=1S/C16H19NO3/c18-15-11-5-10-6-12(15)9-16(7-10,8-11)13-1-3-14(4-2-13)17(19)20/h1-4,10-12,15,18H,5-9H2/t10?,11-,12+,15?,16?. The number of aliphatic hydroxyl groups is 1. The molecule has 106 valence electrons. The average Bonchev–Trinajstić information content (AvgIpc) is 2.44. The zero-order chi connectivity index (χ0) is 13.9.